The lowest BCUT2D eigenvalue weighted by Crippen LogP contribution is -2.32. The molecule has 0 spiro atoms. The maximum absolute atomic E-state index is 11.9. The van der Waals surface area contributed by atoms with Gasteiger partial charge in [-0.1, -0.05) is 36.9 Å². The van der Waals surface area contributed by atoms with Gasteiger partial charge < -0.3 is 14.8 Å². The van der Waals surface area contributed by atoms with E-state index in [4.69, 9.17) is 9.47 Å². The van der Waals surface area contributed by atoms with Crippen molar-refractivity contribution >= 4 is 23.7 Å². The van der Waals surface area contributed by atoms with Crippen molar-refractivity contribution in [3.05, 3.63) is 66.7 Å². The van der Waals surface area contributed by atoms with Gasteiger partial charge in [-0.05, 0) is 24.3 Å². The van der Waals surface area contributed by atoms with Crippen molar-refractivity contribution in [2.75, 3.05) is 19.0 Å². The predicted octanol–water partition coefficient (Wildman–Crippen LogP) is 2.35. The largest absolute Gasteiger partial charge is 0.495 e. The molecule has 2 amide bonds. The number of hydrogen-bond donors (Lipinski definition) is 2. The van der Waals surface area contributed by atoms with Gasteiger partial charge in [-0.2, -0.15) is 5.10 Å². The minimum Gasteiger partial charge on any atom is -0.495 e. The number of benzene rings is 2. The van der Waals surface area contributed by atoms with Crippen molar-refractivity contribution in [2.24, 2.45) is 5.10 Å². The van der Waals surface area contributed by atoms with Crippen LogP contribution in [0.3, 0.4) is 0 Å². The lowest BCUT2D eigenvalue weighted by molar-refractivity contribution is -0.136. The number of hydrogen-bond acceptors (Lipinski definition) is 5. The minimum atomic E-state index is -0.906. The molecule has 7 nitrogen and oxygen atoms in total. The third-order valence-corrected chi connectivity index (χ3v) is 3.21. The van der Waals surface area contributed by atoms with E-state index in [0.717, 1.165) is 0 Å². The molecule has 0 heterocycles. The molecule has 0 saturated heterocycles. The molecule has 0 aliphatic carbocycles. The molecule has 2 aromatic rings. The van der Waals surface area contributed by atoms with E-state index in [1.54, 1.807) is 48.5 Å². The molecule has 0 aliphatic rings. The highest BCUT2D eigenvalue weighted by Gasteiger charge is 2.14. The highest BCUT2D eigenvalue weighted by molar-refractivity contribution is 6.39. The summed E-state index contributed by atoms with van der Waals surface area (Å²) in [5, 5.41) is 6.26. The van der Waals surface area contributed by atoms with Gasteiger partial charge in [-0.25, -0.2) is 5.43 Å². The predicted molar refractivity (Wildman–Crippen MR) is 99.5 cm³/mol. The Kier molecular flexibility index (Phi) is 6.93. The van der Waals surface area contributed by atoms with Crippen LogP contribution in [0.25, 0.3) is 0 Å². The maximum atomic E-state index is 11.9. The highest BCUT2D eigenvalue weighted by atomic mass is 16.5. The van der Waals surface area contributed by atoms with Crippen molar-refractivity contribution < 1.29 is 19.1 Å². The summed E-state index contributed by atoms with van der Waals surface area (Å²) in [6, 6.07) is 13.9. The lowest BCUT2D eigenvalue weighted by Gasteiger charge is -2.08. The molecule has 0 aliphatic heterocycles. The van der Waals surface area contributed by atoms with Crippen LogP contribution >= 0.6 is 0 Å². The fourth-order valence-corrected chi connectivity index (χ4v) is 2.01. The normalized spacial score (nSPS) is 10.2. The average Bonchev–Trinajstić information content (AvgIpc) is 2.67. The number of nitrogens with zero attached hydrogens (tertiary/aromatic N) is 1. The third kappa shape index (κ3) is 5.20. The summed E-state index contributed by atoms with van der Waals surface area (Å²) in [6.07, 6.45) is 3.02. The van der Waals surface area contributed by atoms with Crippen LogP contribution in [0.1, 0.15) is 5.56 Å². The standard InChI is InChI=1S/C19H19N3O4/c1-3-12-26-16-10-6-4-8-14(16)13-20-22-19(24)18(23)21-15-9-5-7-11-17(15)25-2/h3-11,13H,1,12H2,2H3,(H,21,23)(H,22,24)/b20-13-. The average molecular weight is 353 g/mol. The second kappa shape index (κ2) is 9.63. The SMILES string of the molecule is C=CCOc1ccccc1/C=N\NC(=O)C(=O)Nc1ccccc1OC. The first-order valence-electron chi connectivity index (χ1n) is 7.76. The number of methoxy groups -OCH3 is 1. The summed E-state index contributed by atoms with van der Waals surface area (Å²) in [6.45, 7) is 3.93. The molecule has 0 atom stereocenters. The van der Waals surface area contributed by atoms with Crippen molar-refractivity contribution in [1.82, 2.24) is 5.43 Å². The molecule has 2 aromatic carbocycles. The Hall–Kier alpha value is -3.61. The number of ether oxygens (including phenoxy) is 2. The van der Waals surface area contributed by atoms with E-state index in [2.05, 4.69) is 22.4 Å². The fraction of sp³-hybridized carbons (Fsp3) is 0.105. The van der Waals surface area contributed by atoms with Gasteiger partial charge in [0, 0.05) is 5.56 Å². The van der Waals surface area contributed by atoms with Gasteiger partial charge in [0.15, 0.2) is 0 Å². The maximum Gasteiger partial charge on any atom is 0.329 e. The van der Waals surface area contributed by atoms with E-state index in [1.165, 1.54) is 13.3 Å². The quantitative estimate of drug-likeness (QED) is 0.346. The van der Waals surface area contributed by atoms with Gasteiger partial charge in [0.1, 0.15) is 18.1 Å². The second-order valence-corrected chi connectivity index (χ2v) is 4.99. The molecule has 134 valence electrons. The Bertz CT molecular complexity index is 818. The number of nitrogens with one attached hydrogen (secondary N) is 2. The summed E-state index contributed by atoms with van der Waals surface area (Å²) >= 11 is 0. The van der Waals surface area contributed by atoms with Crippen LogP contribution in [0.5, 0.6) is 11.5 Å². The van der Waals surface area contributed by atoms with Gasteiger partial charge in [-0.15, -0.1) is 0 Å². The molecular formula is C19H19N3O4. The van der Waals surface area contributed by atoms with Gasteiger partial charge in [-0.3, -0.25) is 9.59 Å². The van der Waals surface area contributed by atoms with Crippen LogP contribution in [0.2, 0.25) is 0 Å². The second-order valence-electron chi connectivity index (χ2n) is 4.99. The van der Waals surface area contributed by atoms with Gasteiger partial charge in [0.05, 0.1) is 19.0 Å². The zero-order valence-electron chi connectivity index (χ0n) is 14.3. The number of hydrazone groups is 1. The van der Waals surface area contributed by atoms with E-state index < -0.39 is 11.8 Å². The Morgan fingerprint density at radius 3 is 2.50 bits per heavy atom. The number of amides is 2. The highest BCUT2D eigenvalue weighted by Crippen LogP contribution is 2.22. The Morgan fingerprint density at radius 1 is 1.08 bits per heavy atom. The monoisotopic (exact) mass is 353 g/mol. The van der Waals surface area contributed by atoms with E-state index in [1.807, 2.05) is 6.07 Å². The number of carbonyl (C=O) groups excluding carboxylic acids is 2. The van der Waals surface area contributed by atoms with Crippen LogP contribution in [0.15, 0.2) is 66.3 Å². The van der Waals surface area contributed by atoms with E-state index in [-0.39, 0.29) is 0 Å². The first-order valence-corrected chi connectivity index (χ1v) is 7.76. The van der Waals surface area contributed by atoms with Crippen molar-refractivity contribution in [3.63, 3.8) is 0 Å². The molecule has 2 N–H and O–H groups in total. The molecule has 0 radical (unpaired) electrons. The summed E-state index contributed by atoms with van der Waals surface area (Å²) < 4.78 is 10.6. The van der Waals surface area contributed by atoms with Crippen LogP contribution in [0.4, 0.5) is 5.69 Å². The van der Waals surface area contributed by atoms with E-state index in [9.17, 15) is 9.59 Å². The molecule has 0 saturated carbocycles. The first-order chi connectivity index (χ1) is 12.7. The number of carbonyl (C=O) groups is 2. The first kappa shape index (κ1) is 18.7. The summed E-state index contributed by atoms with van der Waals surface area (Å²) in [4.78, 5) is 23.8. The van der Waals surface area contributed by atoms with Crippen LogP contribution in [0, 0.1) is 0 Å². The van der Waals surface area contributed by atoms with Gasteiger partial charge in [0.25, 0.3) is 0 Å². The van der Waals surface area contributed by atoms with Crippen LogP contribution in [-0.4, -0.2) is 31.7 Å². The number of anilines is 1. The number of para-hydroxylation sites is 3. The zero-order valence-corrected chi connectivity index (χ0v) is 14.3. The van der Waals surface area contributed by atoms with Crippen molar-refractivity contribution in [3.8, 4) is 11.5 Å². The molecular weight excluding hydrogens is 334 g/mol. The number of rotatable bonds is 7. The lowest BCUT2D eigenvalue weighted by atomic mass is 10.2. The smallest absolute Gasteiger partial charge is 0.329 e. The Morgan fingerprint density at radius 2 is 1.77 bits per heavy atom. The molecule has 0 bridgehead atoms. The molecule has 0 fully saturated rings. The van der Waals surface area contributed by atoms with E-state index >= 15 is 0 Å². The van der Waals surface area contributed by atoms with Crippen LogP contribution in [-0.2, 0) is 9.59 Å². The third-order valence-electron chi connectivity index (χ3n) is 3.21. The van der Waals surface area contributed by atoms with E-state index in [0.29, 0.717) is 29.4 Å². The van der Waals surface area contributed by atoms with Gasteiger partial charge in [0.2, 0.25) is 0 Å². The molecule has 7 heteroatoms. The van der Waals surface area contributed by atoms with Crippen molar-refractivity contribution in [2.45, 2.75) is 0 Å². The molecule has 0 aromatic heterocycles. The van der Waals surface area contributed by atoms with Crippen molar-refractivity contribution in [1.29, 1.82) is 0 Å². The zero-order chi connectivity index (χ0) is 18.8. The summed E-state index contributed by atoms with van der Waals surface area (Å²) in [5.74, 6) is -0.728. The van der Waals surface area contributed by atoms with Gasteiger partial charge >= 0.3 is 11.8 Å². The summed E-state index contributed by atoms with van der Waals surface area (Å²) in [5.41, 5.74) is 3.22. The molecule has 0 unspecified atom stereocenters. The molecule has 2 rings (SSSR count). The Labute approximate surface area is 151 Å². The fourth-order valence-electron chi connectivity index (χ4n) is 2.01. The minimum absolute atomic E-state index is 0.346. The Balaban J connectivity index is 1.96. The topological polar surface area (TPSA) is 89.0 Å². The summed E-state index contributed by atoms with van der Waals surface area (Å²) in [7, 11) is 1.47. The van der Waals surface area contributed by atoms with Crippen LogP contribution < -0.4 is 20.2 Å². The molecule has 26 heavy (non-hydrogen) atoms.